The van der Waals surface area contributed by atoms with Crippen LogP contribution >= 0.6 is 0 Å². The molecule has 1 aromatic carbocycles. The highest BCUT2D eigenvalue weighted by molar-refractivity contribution is 5.77. The molecular weight excluding hydrogens is 308 g/mol. The van der Waals surface area contributed by atoms with Crippen LogP contribution in [-0.4, -0.2) is 12.1 Å². The molecule has 0 amide bonds. The number of unbranched alkanes of at least 4 members (excludes halogenated alkanes) is 6. The highest BCUT2D eigenvalue weighted by Gasteiger charge is 2.45. The first-order chi connectivity index (χ1) is 12.3. The third kappa shape index (κ3) is 7.22. The molecule has 0 heterocycles. The van der Waals surface area contributed by atoms with Gasteiger partial charge in [-0.25, -0.2) is 0 Å². The van der Waals surface area contributed by atoms with Gasteiger partial charge in [-0.15, -0.1) is 0 Å². The molecule has 3 atom stereocenters. The minimum Gasteiger partial charge on any atom is -0.462 e. The van der Waals surface area contributed by atoms with Crippen molar-refractivity contribution >= 4 is 5.97 Å². The van der Waals surface area contributed by atoms with Crippen LogP contribution in [0.1, 0.15) is 96.0 Å². The molecule has 1 fully saturated rings. The number of hydrogen-bond acceptors (Lipinski definition) is 2. The molecule has 0 bridgehead atoms. The first kappa shape index (κ1) is 20.0. The van der Waals surface area contributed by atoms with E-state index in [2.05, 4.69) is 38.1 Å². The van der Waals surface area contributed by atoms with Gasteiger partial charge in [-0.3, -0.25) is 4.79 Å². The van der Waals surface area contributed by atoms with E-state index in [9.17, 15) is 4.79 Å². The molecule has 2 heteroatoms. The van der Waals surface area contributed by atoms with Crippen LogP contribution in [0.4, 0.5) is 0 Å². The van der Waals surface area contributed by atoms with Gasteiger partial charge in [0.1, 0.15) is 6.10 Å². The average molecular weight is 345 g/mol. The van der Waals surface area contributed by atoms with Crippen molar-refractivity contribution in [2.45, 2.75) is 96.5 Å². The third-order valence-corrected chi connectivity index (χ3v) is 5.36. The first-order valence-electron chi connectivity index (χ1n) is 10.5. The summed E-state index contributed by atoms with van der Waals surface area (Å²) < 4.78 is 5.94. The maximum Gasteiger partial charge on any atom is 0.309 e. The van der Waals surface area contributed by atoms with Crippen LogP contribution in [-0.2, 0) is 9.53 Å². The molecule has 1 saturated carbocycles. The summed E-state index contributed by atoms with van der Waals surface area (Å²) in [6.07, 6.45) is 13.2. The van der Waals surface area contributed by atoms with E-state index in [-0.39, 0.29) is 18.0 Å². The lowest BCUT2D eigenvalue weighted by atomic mass is 10.0. The lowest BCUT2D eigenvalue weighted by Crippen LogP contribution is -2.20. The van der Waals surface area contributed by atoms with E-state index >= 15 is 0 Å². The number of ether oxygens (including phenoxy) is 1. The highest BCUT2D eigenvalue weighted by atomic mass is 16.5. The first-order valence-corrected chi connectivity index (χ1v) is 10.5. The summed E-state index contributed by atoms with van der Waals surface area (Å²) in [7, 11) is 0. The van der Waals surface area contributed by atoms with E-state index in [0.29, 0.717) is 5.92 Å². The maximum atomic E-state index is 12.5. The average Bonchev–Trinajstić information content (AvgIpc) is 3.43. The van der Waals surface area contributed by atoms with E-state index in [1.807, 2.05) is 6.07 Å². The van der Waals surface area contributed by atoms with Gasteiger partial charge in [0, 0.05) is 0 Å². The quantitative estimate of drug-likeness (QED) is 0.296. The third-order valence-electron chi connectivity index (χ3n) is 5.36. The van der Waals surface area contributed by atoms with Gasteiger partial charge in [0.05, 0.1) is 5.92 Å². The van der Waals surface area contributed by atoms with Gasteiger partial charge in [0.2, 0.25) is 0 Å². The van der Waals surface area contributed by atoms with Gasteiger partial charge in [-0.1, -0.05) is 82.7 Å². The molecule has 2 nitrogen and oxygen atoms in total. The van der Waals surface area contributed by atoms with E-state index in [1.165, 1.54) is 56.9 Å². The summed E-state index contributed by atoms with van der Waals surface area (Å²) in [5.74, 6) is 0.523. The Balaban J connectivity index is 1.76. The number of hydrogen-bond donors (Lipinski definition) is 0. The molecule has 0 spiro atoms. The normalized spacial score (nSPS) is 20.2. The second-order valence-corrected chi connectivity index (χ2v) is 7.62. The van der Waals surface area contributed by atoms with Crippen molar-refractivity contribution in [1.82, 2.24) is 0 Å². The molecule has 3 unspecified atom stereocenters. The number of rotatable bonds is 13. The Morgan fingerprint density at radius 3 is 2.24 bits per heavy atom. The zero-order valence-corrected chi connectivity index (χ0v) is 16.2. The van der Waals surface area contributed by atoms with Crippen LogP contribution in [0.3, 0.4) is 0 Å². The second-order valence-electron chi connectivity index (χ2n) is 7.62. The zero-order valence-electron chi connectivity index (χ0n) is 16.2. The molecule has 2 rings (SSSR count). The maximum absolute atomic E-state index is 12.5. The van der Waals surface area contributed by atoms with Crippen LogP contribution in [0.2, 0.25) is 0 Å². The van der Waals surface area contributed by atoms with E-state index < -0.39 is 0 Å². The van der Waals surface area contributed by atoms with Crippen molar-refractivity contribution in [2.24, 2.45) is 5.92 Å². The van der Waals surface area contributed by atoms with Gasteiger partial charge < -0.3 is 4.74 Å². The fraction of sp³-hybridized carbons (Fsp3) is 0.696. The fourth-order valence-electron chi connectivity index (χ4n) is 3.64. The summed E-state index contributed by atoms with van der Waals surface area (Å²) in [6, 6.07) is 10.4. The Hall–Kier alpha value is -1.31. The lowest BCUT2D eigenvalue weighted by molar-refractivity contribution is -0.151. The van der Waals surface area contributed by atoms with E-state index in [4.69, 9.17) is 4.74 Å². The SMILES string of the molecule is CCCCCCCC(CCCCC)OC(=O)C1CC1c1ccccc1. The zero-order chi connectivity index (χ0) is 17.9. The molecule has 25 heavy (non-hydrogen) atoms. The minimum atomic E-state index is 0.0453. The van der Waals surface area contributed by atoms with Crippen molar-refractivity contribution in [2.75, 3.05) is 0 Å². The monoisotopic (exact) mass is 344 g/mol. The molecular formula is C23H36O2. The highest BCUT2D eigenvalue weighted by Crippen LogP contribution is 2.48. The van der Waals surface area contributed by atoms with Crippen molar-refractivity contribution in [3.8, 4) is 0 Å². The molecule has 0 N–H and O–H groups in total. The van der Waals surface area contributed by atoms with Gasteiger partial charge >= 0.3 is 5.97 Å². The van der Waals surface area contributed by atoms with Crippen molar-refractivity contribution in [3.63, 3.8) is 0 Å². The van der Waals surface area contributed by atoms with Crippen LogP contribution in [0.25, 0.3) is 0 Å². The summed E-state index contributed by atoms with van der Waals surface area (Å²) >= 11 is 0. The van der Waals surface area contributed by atoms with Crippen LogP contribution < -0.4 is 0 Å². The summed E-state index contributed by atoms with van der Waals surface area (Å²) in [5, 5.41) is 0. The predicted octanol–water partition coefficient (Wildman–Crippen LogP) is 6.64. The van der Waals surface area contributed by atoms with E-state index in [0.717, 1.165) is 19.3 Å². The van der Waals surface area contributed by atoms with Crippen LogP contribution in [0.15, 0.2) is 30.3 Å². The molecule has 0 aliphatic heterocycles. The van der Waals surface area contributed by atoms with Crippen molar-refractivity contribution in [1.29, 1.82) is 0 Å². The standard InChI is InChI=1S/C23H36O2/c1-3-5-7-8-13-17-20(16-10-6-4-2)25-23(24)22-18-21(22)19-14-11-9-12-15-19/h9,11-12,14-15,20-22H,3-8,10,13,16-18H2,1-2H3. The predicted molar refractivity (Wildman–Crippen MR) is 105 cm³/mol. The number of benzene rings is 1. The summed E-state index contributed by atoms with van der Waals surface area (Å²) in [5.41, 5.74) is 1.28. The Morgan fingerprint density at radius 2 is 1.56 bits per heavy atom. The fourth-order valence-corrected chi connectivity index (χ4v) is 3.64. The van der Waals surface area contributed by atoms with E-state index in [1.54, 1.807) is 0 Å². The Labute approximate surface area is 154 Å². The second kappa shape index (κ2) is 11.3. The molecule has 1 aliphatic rings. The van der Waals surface area contributed by atoms with Crippen LogP contribution in [0, 0.1) is 5.92 Å². The van der Waals surface area contributed by atoms with Crippen molar-refractivity contribution < 1.29 is 9.53 Å². The Bertz CT molecular complexity index is 482. The number of esters is 1. The number of carbonyl (C=O) groups is 1. The van der Waals surface area contributed by atoms with Gasteiger partial charge in [-0.2, -0.15) is 0 Å². The summed E-state index contributed by atoms with van der Waals surface area (Å²) in [6.45, 7) is 4.47. The Kier molecular flexibility index (Phi) is 9.07. The summed E-state index contributed by atoms with van der Waals surface area (Å²) in [4.78, 5) is 12.5. The molecule has 0 aromatic heterocycles. The number of carbonyl (C=O) groups excluding carboxylic acids is 1. The van der Waals surface area contributed by atoms with Gasteiger partial charge in [0.25, 0.3) is 0 Å². The molecule has 140 valence electrons. The Morgan fingerprint density at radius 1 is 0.960 bits per heavy atom. The minimum absolute atomic E-state index is 0.0453. The molecule has 1 aromatic rings. The molecule has 0 radical (unpaired) electrons. The molecule has 1 aliphatic carbocycles. The van der Waals surface area contributed by atoms with Gasteiger partial charge in [-0.05, 0) is 43.6 Å². The van der Waals surface area contributed by atoms with Gasteiger partial charge in [0.15, 0.2) is 0 Å². The largest absolute Gasteiger partial charge is 0.462 e. The topological polar surface area (TPSA) is 26.3 Å². The molecule has 0 saturated heterocycles. The van der Waals surface area contributed by atoms with Crippen molar-refractivity contribution in [3.05, 3.63) is 35.9 Å². The lowest BCUT2D eigenvalue weighted by Gasteiger charge is -2.18. The smallest absolute Gasteiger partial charge is 0.309 e. The van der Waals surface area contributed by atoms with Crippen LogP contribution in [0.5, 0.6) is 0 Å².